The van der Waals surface area contributed by atoms with Crippen LogP contribution in [0.3, 0.4) is 0 Å². The van der Waals surface area contributed by atoms with Gasteiger partial charge in [0, 0.05) is 17.3 Å². The van der Waals surface area contributed by atoms with Gasteiger partial charge in [-0.3, -0.25) is 4.79 Å². The van der Waals surface area contributed by atoms with Crippen molar-refractivity contribution in [1.29, 1.82) is 0 Å². The number of carbonyl (C=O) groups is 1. The summed E-state index contributed by atoms with van der Waals surface area (Å²) in [6, 6.07) is 5.62. The molecule has 3 rings (SSSR count). The number of rotatable bonds is 10. The van der Waals surface area contributed by atoms with Gasteiger partial charge >= 0.3 is 12.1 Å². The van der Waals surface area contributed by atoms with Gasteiger partial charge in [-0.1, -0.05) is 15.9 Å². The van der Waals surface area contributed by atoms with Crippen molar-refractivity contribution in [2.75, 3.05) is 11.9 Å². The number of halogens is 6. The van der Waals surface area contributed by atoms with Gasteiger partial charge in [-0.2, -0.15) is 13.2 Å². The van der Waals surface area contributed by atoms with Crippen LogP contribution < -0.4 is 0 Å². The molecule has 0 atom stereocenters. The van der Waals surface area contributed by atoms with Gasteiger partial charge in [0.2, 0.25) is 0 Å². The average Bonchev–Trinajstić information content (AvgIpc) is 2.86. The minimum absolute atomic E-state index is 0.0392. The van der Waals surface area contributed by atoms with Crippen LogP contribution in [0, 0.1) is 17.6 Å². The standard InChI is InChI=1S/C26H28BrF5O4S/c27-15-1-2-16-36-24(33)10-3-18-11-13-25(14-12-18,22-17-20(28)6-9-23(22)29)37(34,35)21-7-4-19(5-8-21)26(30,31)32/h4-9,17-18H,1-3,10-16H2/t18-,25+. The first-order valence-electron chi connectivity index (χ1n) is 12.0. The van der Waals surface area contributed by atoms with Crippen LogP contribution in [-0.2, 0) is 30.3 Å². The second-order valence-electron chi connectivity index (χ2n) is 9.24. The Balaban J connectivity index is 1.84. The predicted octanol–water partition coefficient (Wildman–Crippen LogP) is 7.34. The Kier molecular flexibility index (Phi) is 9.77. The van der Waals surface area contributed by atoms with E-state index < -0.39 is 42.9 Å². The molecule has 11 heteroatoms. The summed E-state index contributed by atoms with van der Waals surface area (Å²) < 4.78 is 99.1. The Morgan fingerprint density at radius 3 is 2.27 bits per heavy atom. The largest absolute Gasteiger partial charge is 0.466 e. The second kappa shape index (κ2) is 12.2. The fourth-order valence-corrected chi connectivity index (χ4v) is 7.35. The van der Waals surface area contributed by atoms with E-state index in [4.69, 9.17) is 4.74 Å². The van der Waals surface area contributed by atoms with Crippen LogP contribution >= 0.6 is 15.9 Å². The zero-order valence-corrected chi connectivity index (χ0v) is 22.4. The number of esters is 1. The molecule has 0 radical (unpaired) electrons. The van der Waals surface area contributed by atoms with Crippen molar-refractivity contribution in [1.82, 2.24) is 0 Å². The van der Waals surface area contributed by atoms with Crippen molar-refractivity contribution in [3.8, 4) is 0 Å². The summed E-state index contributed by atoms with van der Waals surface area (Å²) in [6.45, 7) is 0.322. The van der Waals surface area contributed by atoms with E-state index in [9.17, 15) is 35.2 Å². The smallest absolute Gasteiger partial charge is 0.416 e. The number of benzene rings is 2. The van der Waals surface area contributed by atoms with E-state index in [1.54, 1.807) is 0 Å². The number of hydrogen-bond acceptors (Lipinski definition) is 4. The summed E-state index contributed by atoms with van der Waals surface area (Å²) in [6.07, 6.45) is -1.93. The zero-order chi connectivity index (χ0) is 27.3. The normalized spacial score (nSPS) is 20.5. The minimum Gasteiger partial charge on any atom is -0.466 e. The quantitative estimate of drug-likeness (QED) is 0.122. The first kappa shape index (κ1) is 29.5. The SMILES string of the molecule is O=C(CC[C@H]1CC[C@@](c2cc(F)ccc2F)(S(=O)(=O)c2ccc(C(F)(F)F)cc2)CC1)OCCCCBr. The number of carbonyl (C=O) groups excluding carboxylic acids is 1. The van der Waals surface area contributed by atoms with Crippen molar-refractivity contribution in [2.24, 2.45) is 5.92 Å². The van der Waals surface area contributed by atoms with Crippen LogP contribution in [-0.4, -0.2) is 26.3 Å². The summed E-state index contributed by atoms with van der Waals surface area (Å²) in [5.41, 5.74) is -1.35. The lowest BCUT2D eigenvalue weighted by Gasteiger charge is -2.40. The van der Waals surface area contributed by atoms with E-state index in [-0.39, 0.29) is 36.7 Å². The van der Waals surface area contributed by atoms with Crippen molar-refractivity contribution >= 4 is 31.7 Å². The van der Waals surface area contributed by atoms with Crippen molar-refractivity contribution in [2.45, 2.75) is 67.2 Å². The maximum atomic E-state index is 14.9. The van der Waals surface area contributed by atoms with Crippen molar-refractivity contribution < 1.29 is 39.9 Å². The molecule has 1 aliphatic carbocycles. The highest BCUT2D eigenvalue weighted by atomic mass is 79.9. The molecule has 0 bridgehead atoms. The Morgan fingerprint density at radius 1 is 1.03 bits per heavy atom. The van der Waals surface area contributed by atoms with Gasteiger partial charge in [-0.05, 0) is 93.3 Å². The molecular weight excluding hydrogens is 583 g/mol. The van der Waals surface area contributed by atoms with Crippen molar-refractivity contribution in [3.63, 3.8) is 0 Å². The summed E-state index contributed by atoms with van der Waals surface area (Å²) in [7, 11) is -4.42. The molecule has 0 amide bonds. The van der Waals surface area contributed by atoms with Crippen LogP contribution in [0.4, 0.5) is 22.0 Å². The molecule has 4 nitrogen and oxygen atoms in total. The van der Waals surface area contributed by atoms with Gasteiger partial charge in [0.15, 0.2) is 9.84 Å². The summed E-state index contributed by atoms with van der Waals surface area (Å²) >= 11 is 3.30. The number of unbranched alkanes of at least 4 members (excludes halogenated alkanes) is 1. The maximum Gasteiger partial charge on any atom is 0.416 e. The summed E-state index contributed by atoms with van der Waals surface area (Å²) in [4.78, 5) is 11.6. The second-order valence-corrected chi connectivity index (χ2v) is 12.3. The number of alkyl halides is 4. The predicted molar refractivity (Wildman–Crippen MR) is 132 cm³/mol. The third-order valence-corrected chi connectivity index (χ3v) is 10.00. The third kappa shape index (κ3) is 6.90. The maximum absolute atomic E-state index is 14.9. The molecule has 2 aromatic carbocycles. The molecule has 1 aliphatic rings. The summed E-state index contributed by atoms with van der Waals surface area (Å²) in [5, 5.41) is 0.815. The van der Waals surface area contributed by atoms with Crippen LogP contribution in [0.1, 0.15) is 62.5 Å². The van der Waals surface area contributed by atoms with Gasteiger partial charge in [-0.25, -0.2) is 17.2 Å². The molecule has 1 saturated carbocycles. The Morgan fingerprint density at radius 2 is 1.68 bits per heavy atom. The van der Waals surface area contributed by atoms with Crippen LogP contribution in [0.5, 0.6) is 0 Å². The highest BCUT2D eigenvalue weighted by Gasteiger charge is 2.50. The van der Waals surface area contributed by atoms with Crippen LogP contribution in [0.15, 0.2) is 47.4 Å². The third-order valence-electron chi connectivity index (χ3n) is 6.89. The van der Waals surface area contributed by atoms with E-state index in [0.29, 0.717) is 38.0 Å². The van der Waals surface area contributed by atoms with Crippen LogP contribution in [0.25, 0.3) is 0 Å². The lowest BCUT2D eigenvalue weighted by atomic mass is 9.76. The lowest BCUT2D eigenvalue weighted by Crippen LogP contribution is -2.40. The molecule has 0 unspecified atom stereocenters. The van der Waals surface area contributed by atoms with Gasteiger partial charge < -0.3 is 4.74 Å². The average molecular weight is 611 g/mol. The fourth-order valence-electron chi connectivity index (χ4n) is 4.79. The van der Waals surface area contributed by atoms with E-state index in [1.807, 2.05) is 0 Å². The minimum atomic E-state index is -4.65. The molecule has 0 aromatic heterocycles. The molecule has 37 heavy (non-hydrogen) atoms. The topological polar surface area (TPSA) is 60.4 Å². The lowest BCUT2D eigenvalue weighted by molar-refractivity contribution is -0.144. The number of sulfone groups is 1. The highest BCUT2D eigenvalue weighted by molar-refractivity contribution is 9.09. The molecule has 0 saturated heterocycles. The van der Waals surface area contributed by atoms with Gasteiger partial charge in [-0.15, -0.1) is 0 Å². The monoisotopic (exact) mass is 610 g/mol. The van der Waals surface area contributed by atoms with E-state index in [1.165, 1.54) is 0 Å². The molecule has 0 spiro atoms. The molecule has 204 valence electrons. The molecular formula is C26H28BrF5O4S. The molecule has 0 N–H and O–H groups in total. The molecule has 0 heterocycles. The molecule has 0 aliphatic heterocycles. The van der Waals surface area contributed by atoms with E-state index >= 15 is 0 Å². The highest BCUT2D eigenvalue weighted by Crippen LogP contribution is 2.50. The molecule has 1 fully saturated rings. The van der Waals surface area contributed by atoms with Crippen molar-refractivity contribution in [3.05, 3.63) is 65.2 Å². The Labute approximate surface area is 221 Å². The van der Waals surface area contributed by atoms with Gasteiger partial charge in [0.05, 0.1) is 17.1 Å². The van der Waals surface area contributed by atoms with Gasteiger partial charge in [0.25, 0.3) is 0 Å². The van der Waals surface area contributed by atoms with E-state index in [2.05, 4.69) is 15.9 Å². The van der Waals surface area contributed by atoms with Crippen LogP contribution in [0.2, 0.25) is 0 Å². The Hall–Kier alpha value is -2.01. The zero-order valence-electron chi connectivity index (χ0n) is 20.0. The fraction of sp³-hybridized carbons (Fsp3) is 0.500. The number of ether oxygens (including phenoxy) is 1. The Bertz CT molecular complexity index is 1170. The first-order chi connectivity index (χ1) is 17.4. The van der Waals surface area contributed by atoms with Gasteiger partial charge in [0.1, 0.15) is 16.4 Å². The van der Waals surface area contributed by atoms with E-state index in [0.717, 1.165) is 48.5 Å². The summed E-state index contributed by atoms with van der Waals surface area (Å²) in [5.74, 6) is -2.10. The number of hydrogen-bond donors (Lipinski definition) is 0. The molecule has 2 aromatic rings. The first-order valence-corrected chi connectivity index (χ1v) is 14.6.